The minimum atomic E-state index is 0.789. The van der Waals surface area contributed by atoms with Crippen LogP contribution in [0.25, 0.3) is 0 Å². The standard InChI is InChI=1S/C9H10OS/c1-7-3-4-9(11-2)5-8(7)6-10/h3-6H,1-2H3. The first-order chi connectivity index (χ1) is 5.27. The number of rotatable bonds is 2. The zero-order chi connectivity index (χ0) is 8.27. The maximum atomic E-state index is 10.5. The van der Waals surface area contributed by atoms with E-state index in [0.717, 1.165) is 22.3 Å². The van der Waals surface area contributed by atoms with Crippen molar-refractivity contribution in [3.63, 3.8) is 0 Å². The average molecular weight is 166 g/mol. The summed E-state index contributed by atoms with van der Waals surface area (Å²) in [5.41, 5.74) is 1.83. The van der Waals surface area contributed by atoms with Gasteiger partial charge in [-0.25, -0.2) is 0 Å². The largest absolute Gasteiger partial charge is 0.298 e. The Morgan fingerprint density at radius 1 is 1.45 bits per heavy atom. The number of aryl methyl sites for hydroxylation is 1. The van der Waals surface area contributed by atoms with Crippen molar-refractivity contribution >= 4 is 18.0 Å². The Kier molecular flexibility index (Phi) is 2.71. The molecule has 0 aliphatic rings. The number of aldehydes is 1. The van der Waals surface area contributed by atoms with Gasteiger partial charge in [-0.1, -0.05) is 6.07 Å². The number of hydrogen-bond acceptors (Lipinski definition) is 2. The van der Waals surface area contributed by atoms with Gasteiger partial charge < -0.3 is 0 Å². The van der Waals surface area contributed by atoms with Gasteiger partial charge >= 0.3 is 0 Å². The molecule has 11 heavy (non-hydrogen) atoms. The molecule has 1 aromatic carbocycles. The lowest BCUT2D eigenvalue weighted by molar-refractivity contribution is 0.112. The van der Waals surface area contributed by atoms with Crippen molar-refractivity contribution in [3.8, 4) is 0 Å². The van der Waals surface area contributed by atoms with Gasteiger partial charge in [-0.05, 0) is 30.9 Å². The molecule has 58 valence electrons. The fourth-order valence-electron chi connectivity index (χ4n) is 0.873. The molecule has 2 heteroatoms. The van der Waals surface area contributed by atoms with Gasteiger partial charge in [0.1, 0.15) is 6.29 Å². The third kappa shape index (κ3) is 1.84. The van der Waals surface area contributed by atoms with E-state index in [-0.39, 0.29) is 0 Å². The summed E-state index contributed by atoms with van der Waals surface area (Å²) in [6.45, 7) is 1.94. The first-order valence-corrected chi connectivity index (χ1v) is 4.60. The number of carbonyl (C=O) groups is 1. The fraction of sp³-hybridized carbons (Fsp3) is 0.222. The molecule has 0 aliphatic heterocycles. The molecule has 0 aromatic heterocycles. The van der Waals surface area contributed by atoms with Crippen molar-refractivity contribution in [3.05, 3.63) is 29.3 Å². The Morgan fingerprint density at radius 3 is 2.73 bits per heavy atom. The third-order valence-electron chi connectivity index (χ3n) is 1.61. The highest BCUT2D eigenvalue weighted by Gasteiger charge is 1.96. The van der Waals surface area contributed by atoms with Crippen molar-refractivity contribution in [1.29, 1.82) is 0 Å². The Hall–Kier alpha value is -0.760. The first kappa shape index (κ1) is 8.34. The zero-order valence-corrected chi connectivity index (χ0v) is 7.44. The summed E-state index contributed by atoms with van der Waals surface area (Å²) >= 11 is 1.65. The van der Waals surface area contributed by atoms with Crippen molar-refractivity contribution in [2.45, 2.75) is 11.8 Å². The average Bonchev–Trinajstić information content (AvgIpc) is 2.05. The Bertz CT molecular complexity index is 268. The van der Waals surface area contributed by atoms with E-state index in [0.29, 0.717) is 0 Å². The molecule has 0 aliphatic carbocycles. The molecule has 0 N–H and O–H groups in total. The molecule has 0 spiro atoms. The van der Waals surface area contributed by atoms with Crippen molar-refractivity contribution < 1.29 is 4.79 Å². The molecule has 1 nitrogen and oxygen atoms in total. The minimum Gasteiger partial charge on any atom is -0.298 e. The van der Waals surface area contributed by atoms with Gasteiger partial charge in [-0.3, -0.25) is 4.79 Å². The SMILES string of the molecule is CSc1ccc(C)c(C=O)c1. The summed E-state index contributed by atoms with van der Waals surface area (Å²) in [4.78, 5) is 11.6. The van der Waals surface area contributed by atoms with Crippen LogP contribution < -0.4 is 0 Å². The van der Waals surface area contributed by atoms with Crippen LogP contribution in [0.3, 0.4) is 0 Å². The summed E-state index contributed by atoms with van der Waals surface area (Å²) in [5.74, 6) is 0. The molecule has 0 bridgehead atoms. The highest BCUT2D eigenvalue weighted by atomic mass is 32.2. The van der Waals surface area contributed by atoms with E-state index in [1.54, 1.807) is 11.8 Å². The second-order valence-electron chi connectivity index (χ2n) is 2.34. The molecular formula is C9H10OS. The number of thioether (sulfide) groups is 1. The van der Waals surface area contributed by atoms with Gasteiger partial charge in [0.15, 0.2) is 0 Å². The highest BCUT2D eigenvalue weighted by molar-refractivity contribution is 7.98. The van der Waals surface area contributed by atoms with Crippen LogP contribution in [0.1, 0.15) is 15.9 Å². The van der Waals surface area contributed by atoms with E-state index in [2.05, 4.69) is 0 Å². The van der Waals surface area contributed by atoms with Gasteiger partial charge in [0.05, 0.1) is 0 Å². The number of hydrogen-bond donors (Lipinski definition) is 0. The Balaban J connectivity index is 3.12. The molecule has 0 unspecified atom stereocenters. The lowest BCUT2D eigenvalue weighted by atomic mass is 10.1. The smallest absolute Gasteiger partial charge is 0.150 e. The molecule has 0 saturated carbocycles. The molecule has 0 saturated heterocycles. The number of benzene rings is 1. The van der Waals surface area contributed by atoms with Gasteiger partial charge in [0.25, 0.3) is 0 Å². The lowest BCUT2D eigenvalue weighted by Crippen LogP contribution is -1.85. The molecule has 0 amide bonds. The summed E-state index contributed by atoms with van der Waals surface area (Å²) in [7, 11) is 0. The quantitative estimate of drug-likeness (QED) is 0.496. The maximum absolute atomic E-state index is 10.5. The Labute approximate surface area is 70.8 Å². The van der Waals surface area contributed by atoms with Crippen LogP contribution in [0.15, 0.2) is 23.1 Å². The van der Waals surface area contributed by atoms with Crippen molar-refractivity contribution in [1.82, 2.24) is 0 Å². The summed E-state index contributed by atoms with van der Waals surface area (Å²) < 4.78 is 0. The van der Waals surface area contributed by atoms with Crippen LogP contribution in [0.2, 0.25) is 0 Å². The minimum absolute atomic E-state index is 0.789. The topological polar surface area (TPSA) is 17.1 Å². The van der Waals surface area contributed by atoms with Crippen LogP contribution in [0.5, 0.6) is 0 Å². The third-order valence-corrected chi connectivity index (χ3v) is 2.34. The Morgan fingerprint density at radius 2 is 2.18 bits per heavy atom. The van der Waals surface area contributed by atoms with Crippen LogP contribution in [0.4, 0.5) is 0 Å². The van der Waals surface area contributed by atoms with E-state index < -0.39 is 0 Å². The van der Waals surface area contributed by atoms with Crippen molar-refractivity contribution in [2.75, 3.05) is 6.26 Å². The van der Waals surface area contributed by atoms with E-state index in [4.69, 9.17) is 0 Å². The molecule has 0 atom stereocenters. The predicted octanol–water partition coefficient (Wildman–Crippen LogP) is 2.53. The normalized spacial score (nSPS) is 9.64. The van der Waals surface area contributed by atoms with Gasteiger partial charge in [-0.2, -0.15) is 0 Å². The molecule has 1 aromatic rings. The fourth-order valence-corrected chi connectivity index (χ4v) is 1.32. The molecule has 0 radical (unpaired) electrons. The van der Waals surface area contributed by atoms with Crippen LogP contribution in [0, 0.1) is 6.92 Å². The van der Waals surface area contributed by atoms with Gasteiger partial charge in [0, 0.05) is 10.5 Å². The van der Waals surface area contributed by atoms with Crippen LogP contribution in [-0.2, 0) is 0 Å². The van der Waals surface area contributed by atoms with E-state index in [9.17, 15) is 4.79 Å². The first-order valence-electron chi connectivity index (χ1n) is 3.37. The number of carbonyl (C=O) groups excluding carboxylic acids is 1. The van der Waals surface area contributed by atoms with Gasteiger partial charge in [0.2, 0.25) is 0 Å². The second-order valence-corrected chi connectivity index (χ2v) is 3.22. The lowest BCUT2D eigenvalue weighted by Gasteiger charge is -1.99. The van der Waals surface area contributed by atoms with Crippen LogP contribution in [-0.4, -0.2) is 12.5 Å². The summed E-state index contributed by atoms with van der Waals surface area (Å²) in [6.07, 6.45) is 2.90. The second kappa shape index (κ2) is 3.58. The van der Waals surface area contributed by atoms with E-state index in [1.807, 2.05) is 31.4 Å². The monoisotopic (exact) mass is 166 g/mol. The molecular weight excluding hydrogens is 156 g/mol. The van der Waals surface area contributed by atoms with E-state index in [1.165, 1.54) is 0 Å². The predicted molar refractivity (Wildman–Crippen MR) is 48.3 cm³/mol. The molecule has 0 fully saturated rings. The molecule has 1 rings (SSSR count). The van der Waals surface area contributed by atoms with Crippen molar-refractivity contribution in [2.24, 2.45) is 0 Å². The van der Waals surface area contributed by atoms with Crippen LogP contribution >= 0.6 is 11.8 Å². The summed E-state index contributed by atoms with van der Waals surface area (Å²) in [5, 5.41) is 0. The maximum Gasteiger partial charge on any atom is 0.150 e. The van der Waals surface area contributed by atoms with E-state index >= 15 is 0 Å². The van der Waals surface area contributed by atoms with Gasteiger partial charge in [-0.15, -0.1) is 11.8 Å². The molecule has 0 heterocycles. The zero-order valence-electron chi connectivity index (χ0n) is 6.63. The summed E-state index contributed by atoms with van der Waals surface area (Å²) in [6, 6.07) is 5.90. The highest BCUT2D eigenvalue weighted by Crippen LogP contribution is 2.17.